The number of hydrogen-bond acceptors (Lipinski definition) is 4. The summed E-state index contributed by atoms with van der Waals surface area (Å²) in [5, 5.41) is 12.0. The number of aliphatic carboxylic acids is 1. The maximum absolute atomic E-state index is 11.0. The van der Waals surface area contributed by atoms with E-state index in [0.29, 0.717) is 18.9 Å². The number of carboxylic acid groups (broad SMARTS) is 1. The van der Waals surface area contributed by atoms with Crippen LogP contribution >= 0.6 is 0 Å². The molecule has 0 aliphatic heterocycles. The highest BCUT2D eigenvalue weighted by molar-refractivity contribution is 5.73. The van der Waals surface area contributed by atoms with Gasteiger partial charge in [-0.2, -0.15) is 0 Å². The molecule has 16 heavy (non-hydrogen) atoms. The van der Waals surface area contributed by atoms with Crippen LogP contribution in [0.2, 0.25) is 0 Å². The van der Waals surface area contributed by atoms with Gasteiger partial charge >= 0.3 is 5.97 Å². The second-order valence-corrected chi connectivity index (χ2v) is 4.15. The Morgan fingerprint density at radius 3 is 2.56 bits per heavy atom. The molecule has 0 aliphatic rings. The zero-order valence-corrected chi connectivity index (χ0v) is 9.55. The average molecular weight is 223 g/mol. The van der Waals surface area contributed by atoms with E-state index in [1.165, 1.54) is 6.33 Å². The molecule has 1 atom stereocenters. The van der Waals surface area contributed by atoms with E-state index in [2.05, 4.69) is 15.3 Å². The Morgan fingerprint density at radius 2 is 2.06 bits per heavy atom. The van der Waals surface area contributed by atoms with Crippen LogP contribution in [0.1, 0.15) is 25.8 Å². The summed E-state index contributed by atoms with van der Waals surface area (Å²) >= 11 is 0. The quantitative estimate of drug-likeness (QED) is 0.754. The van der Waals surface area contributed by atoms with Crippen LogP contribution in [0.25, 0.3) is 0 Å². The Kier molecular flexibility index (Phi) is 4.85. The highest BCUT2D eigenvalue weighted by Gasteiger charge is 2.17. The van der Waals surface area contributed by atoms with Crippen LogP contribution in [-0.4, -0.2) is 27.1 Å². The molecule has 1 heterocycles. The van der Waals surface area contributed by atoms with Gasteiger partial charge in [-0.15, -0.1) is 0 Å². The Bertz CT molecular complexity index is 327. The van der Waals surface area contributed by atoms with Gasteiger partial charge in [0.05, 0.1) is 0 Å². The molecule has 1 aromatic heterocycles. The fraction of sp³-hybridized carbons (Fsp3) is 0.545. The summed E-state index contributed by atoms with van der Waals surface area (Å²) in [5.74, 6) is -0.467. The predicted octanol–water partition coefficient (Wildman–Crippen LogP) is 1.07. The second-order valence-electron chi connectivity index (χ2n) is 4.15. The molecule has 5 heteroatoms. The van der Waals surface area contributed by atoms with Crippen molar-refractivity contribution in [2.24, 2.45) is 5.92 Å². The van der Waals surface area contributed by atoms with Gasteiger partial charge in [0.2, 0.25) is 0 Å². The van der Waals surface area contributed by atoms with Crippen LogP contribution < -0.4 is 5.32 Å². The fourth-order valence-corrected chi connectivity index (χ4v) is 1.41. The van der Waals surface area contributed by atoms with Crippen LogP contribution in [0.15, 0.2) is 18.7 Å². The molecule has 5 nitrogen and oxygen atoms in total. The van der Waals surface area contributed by atoms with Crippen LogP contribution in [0, 0.1) is 5.92 Å². The van der Waals surface area contributed by atoms with Gasteiger partial charge in [-0.1, -0.05) is 13.8 Å². The standard InChI is InChI=1S/C11H17N3O2/c1-8(2)3-10(11(15)16)14-6-9-4-12-7-13-5-9/h4-5,7-8,10,14H,3,6H2,1-2H3,(H,15,16). The van der Waals surface area contributed by atoms with E-state index >= 15 is 0 Å². The van der Waals surface area contributed by atoms with E-state index in [1.54, 1.807) is 12.4 Å². The fourth-order valence-electron chi connectivity index (χ4n) is 1.41. The molecule has 88 valence electrons. The van der Waals surface area contributed by atoms with Crippen molar-refractivity contribution < 1.29 is 9.90 Å². The lowest BCUT2D eigenvalue weighted by Gasteiger charge is -2.16. The lowest BCUT2D eigenvalue weighted by Crippen LogP contribution is -2.37. The number of aromatic nitrogens is 2. The van der Waals surface area contributed by atoms with E-state index in [4.69, 9.17) is 5.11 Å². The zero-order chi connectivity index (χ0) is 12.0. The van der Waals surface area contributed by atoms with E-state index in [9.17, 15) is 4.79 Å². The monoisotopic (exact) mass is 223 g/mol. The number of nitrogens with zero attached hydrogens (tertiary/aromatic N) is 2. The summed E-state index contributed by atoms with van der Waals surface area (Å²) in [4.78, 5) is 18.7. The summed E-state index contributed by atoms with van der Waals surface area (Å²) in [6.45, 7) is 4.48. The topological polar surface area (TPSA) is 75.1 Å². The maximum Gasteiger partial charge on any atom is 0.320 e. The molecule has 0 amide bonds. The molecule has 1 rings (SSSR count). The van der Waals surface area contributed by atoms with Crippen LogP contribution in [0.4, 0.5) is 0 Å². The van der Waals surface area contributed by atoms with Crippen LogP contribution in [0.5, 0.6) is 0 Å². The van der Waals surface area contributed by atoms with Crippen molar-refractivity contribution in [1.82, 2.24) is 15.3 Å². The van der Waals surface area contributed by atoms with Crippen molar-refractivity contribution in [2.45, 2.75) is 32.9 Å². The maximum atomic E-state index is 11.0. The largest absolute Gasteiger partial charge is 0.480 e. The van der Waals surface area contributed by atoms with Crippen LogP contribution in [0.3, 0.4) is 0 Å². The summed E-state index contributed by atoms with van der Waals surface area (Å²) in [6, 6.07) is -0.514. The molecule has 1 aromatic rings. The first-order valence-electron chi connectivity index (χ1n) is 5.29. The van der Waals surface area contributed by atoms with Gasteiger partial charge < -0.3 is 10.4 Å². The van der Waals surface area contributed by atoms with Crippen molar-refractivity contribution in [1.29, 1.82) is 0 Å². The average Bonchev–Trinajstić information content (AvgIpc) is 2.25. The second kappa shape index (κ2) is 6.17. The first-order chi connectivity index (χ1) is 7.59. The van der Waals surface area contributed by atoms with E-state index in [-0.39, 0.29) is 0 Å². The molecule has 0 bridgehead atoms. The first-order valence-corrected chi connectivity index (χ1v) is 5.29. The lowest BCUT2D eigenvalue weighted by molar-refractivity contribution is -0.140. The Labute approximate surface area is 94.9 Å². The Hall–Kier alpha value is -1.49. The molecule has 0 aromatic carbocycles. The van der Waals surface area contributed by atoms with Gasteiger partial charge in [-0.3, -0.25) is 4.79 Å². The van der Waals surface area contributed by atoms with E-state index in [1.807, 2.05) is 13.8 Å². The molecule has 1 unspecified atom stereocenters. The van der Waals surface area contributed by atoms with Crippen molar-refractivity contribution in [3.8, 4) is 0 Å². The van der Waals surface area contributed by atoms with Crippen molar-refractivity contribution in [3.63, 3.8) is 0 Å². The smallest absolute Gasteiger partial charge is 0.320 e. The normalized spacial score (nSPS) is 12.7. The van der Waals surface area contributed by atoms with Gasteiger partial charge in [0.1, 0.15) is 12.4 Å². The number of carboxylic acids is 1. The zero-order valence-electron chi connectivity index (χ0n) is 9.55. The van der Waals surface area contributed by atoms with Gasteiger partial charge in [0, 0.05) is 24.5 Å². The van der Waals surface area contributed by atoms with Crippen molar-refractivity contribution in [2.75, 3.05) is 0 Å². The molecular weight excluding hydrogens is 206 g/mol. The molecule has 2 N–H and O–H groups in total. The summed E-state index contributed by atoms with van der Waals surface area (Å²) in [7, 11) is 0. The molecule has 0 saturated carbocycles. The van der Waals surface area contributed by atoms with Gasteiger partial charge in [0.15, 0.2) is 0 Å². The number of nitrogens with one attached hydrogen (secondary N) is 1. The molecular formula is C11H17N3O2. The minimum Gasteiger partial charge on any atom is -0.480 e. The Morgan fingerprint density at radius 1 is 1.44 bits per heavy atom. The number of hydrogen-bond donors (Lipinski definition) is 2. The summed E-state index contributed by atoms with van der Waals surface area (Å²) in [5.41, 5.74) is 0.887. The van der Waals surface area contributed by atoms with Crippen molar-refractivity contribution >= 4 is 5.97 Å². The summed E-state index contributed by atoms with van der Waals surface area (Å²) < 4.78 is 0. The third-order valence-electron chi connectivity index (χ3n) is 2.17. The van der Waals surface area contributed by atoms with Crippen molar-refractivity contribution in [3.05, 3.63) is 24.3 Å². The molecule has 0 fully saturated rings. The minimum atomic E-state index is -0.814. The molecule has 0 saturated heterocycles. The first kappa shape index (κ1) is 12.6. The highest BCUT2D eigenvalue weighted by Crippen LogP contribution is 2.05. The van der Waals surface area contributed by atoms with Gasteiger partial charge in [-0.05, 0) is 12.3 Å². The summed E-state index contributed by atoms with van der Waals surface area (Å²) in [6.07, 6.45) is 5.41. The third-order valence-corrected chi connectivity index (χ3v) is 2.17. The van der Waals surface area contributed by atoms with E-state index < -0.39 is 12.0 Å². The number of carbonyl (C=O) groups is 1. The SMILES string of the molecule is CC(C)CC(NCc1cncnc1)C(=O)O. The minimum absolute atomic E-state index is 0.348. The van der Waals surface area contributed by atoms with Gasteiger partial charge in [0.25, 0.3) is 0 Å². The molecule has 0 aliphatic carbocycles. The van der Waals surface area contributed by atoms with E-state index in [0.717, 1.165) is 5.56 Å². The third kappa shape index (κ3) is 4.35. The van der Waals surface area contributed by atoms with Crippen LogP contribution in [-0.2, 0) is 11.3 Å². The lowest BCUT2D eigenvalue weighted by atomic mass is 10.0. The number of rotatable bonds is 6. The van der Waals surface area contributed by atoms with Gasteiger partial charge in [-0.25, -0.2) is 9.97 Å². The predicted molar refractivity (Wildman–Crippen MR) is 59.8 cm³/mol. The molecule has 0 spiro atoms. The molecule has 0 radical (unpaired) electrons. The highest BCUT2D eigenvalue weighted by atomic mass is 16.4. The Balaban J connectivity index is 2.47.